The Morgan fingerprint density at radius 1 is 0.962 bits per heavy atom. The van der Waals surface area contributed by atoms with Crippen LogP contribution in [-0.4, -0.2) is 39.8 Å². The van der Waals surface area contributed by atoms with Crippen LogP contribution in [0.4, 0.5) is 5.69 Å². The van der Waals surface area contributed by atoms with Gasteiger partial charge < -0.3 is 10.2 Å². The van der Waals surface area contributed by atoms with Crippen LogP contribution in [0.25, 0.3) is 5.69 Å². The van der Waals surface area contributed by atoms with Crippen LogP contribution in [0.3, 0.4) is 0 Å². The molecule has 1 saturated heterocycles. The molecule has 0 atom stereocenters. The molecule has 0 unspecified atom stereocenters. The van der Waals surface area contributed by atoms with Crippen LogP contribution >= 0.6 is 0 Å². The molecule has 0 bridgehead atoms. The molecule has 1 aliphatic heterocycles. The van der Waals surface area contributed by atoms with Crippen LogP contribution in [0.2, 0.25) is 0 Å². The summed E-state index contributed by atoms with van der Waals surface area (Å²) in [6.07, 6.45) is 3.50. The normalized spacial score (nSPS) is 13.9. The molecule has 1 aromatic carbocycles. The molecule has 1 amide bonds. The zero-order valence-electron chi connectivity index (χ0n) is 13.9. The molecule has 3 heterocycles. The maximum absolute atomic E-state index is 12.5. The molecular formula is C19H17N5O2. The molecule has 1 aliphatic rings. The van der Waals surface area contributed by atoms with E-state index in [9.17, 15) is 9.59 Å². The second kappa shape index (κ2) is 6.79. The van der Waals surface area contributed by atoms with Gasteiger partial charge in [-0.2, -0.15) is 9.78 Å². The number of carbonyl (C=O) groups is 1. The van der Waals surface area contributed by atoms with Gasteiger partial charge in [0.25, 0.3) is 11.5 Å². The lowest BCUT2D eigenvalue weighted by molar-refractivity contribution is 0.0923. The molecule has 1 fully saturated rings. The summed E-state index contributed by atoms with van der Waals surface area (Å²) >= 11 is 0. The van der Waals surface area contributed by atoms with Crippen molar-refractivity contribution < 1.29 is 4.79 Å². The molecule has 7 heteroatoms. The number of nitrogens with one attached hydrogen (secondary N) is 1. The highest BCUT2D eigenvalue weighted by Crippen LogP contribution is 2.19. The van der Waals surface area contributed by atoms with E-state index in [4.69, 9.17) is 0 Å². The number of amides is 1. The van der Waals surface area contributed by atoms with Crippen molar-refractivity contribution in [1.82, 2.24) is 20.1 Å². The predicted molar refractivity (Wildman–Crippen MR) is 97.5 cm³/mol. The highest BCUT2D eigenvalue weighted by Gasteiger charge is 2.28. The van der Waals surface area contributed by atoms with Gasteiger partial charge in [-0.25, -0.2) is 0 Å². The first-order valence-electron chi connectivity index (χ1n) is 8.32. The molecule has 1 N–H and O–H groups in total. The fourth-order valence-corrected chi connectivity index (χ4v) is 2.88. The number of anilines is 1. The monoisotopic (exact) mass is 347 g/mol. The number of nitrogens with zero attached hydrogens (tertiary/aromatic N) is 4. The number of benzene rings is 1. The van der Waals surface area contributed by atoms with E-state index in [1.807, 2.05) is 30.3 Å². The van der Waals surface area contributed by atoms with Crippen LogP contribution in [0.5, 0.6) is 0 Å². The van der Waals surface area contributed by atoms with E-state index in [2.05, 4.69) is 20.3 Å². The van der Waals surface area contributed by atoms with E-state index in [0.29, 0.717) is 5.69 Å². The standard InChI is InChI=1S/C19H17N5O2/c25-18-7-6-17(22-24(18)16-4-2-1-3-5-16)19(26)21-14-12-23(13-14)15-8-10-20-11-9-15/h1-11,14H,12-13H2,(H,21,26). The minimum Gasteiger partial charge on any atom is -0.367 e. The summed E-state index contributed by atoms with van der Waals surface area (Å²) in [6.45, 7) is 1.46. The van der Waals surface area contributed by atoms with E-state index in [1.165, 1.54) is 16.8 Å². The summed E-state index contributed by atoms with van der Waals surface area (Å²) < 4.78 is 1.24. The van der Waals surface area contributed by atoms with Gasteiger partial charge >= 0.3 is 0 Å². The van der Waals surface area contributed by atoms with Gasteiger partial charge in [0.15, 0.2) is 0 Å². The number of hydrogen-bond donors (Lipinski definition) is 1. The third kappa shape index (κ3) is 3.19. The molecule has 7 nitrogen and oxygen atoms in total. The fourth-order valence-electron chi connectivity index (χ4n) is 2.88. The first-order chi connectivity index (χ1) is 12.7. The van der Waals surface area contributed by atoms with Gasteiger partial charge in [-0.05, 0) is 30.3 Å². The van der Waals surface area contributed by atoms with Crippen molar-refractivity contribution in [3.8, 4) is 5.69 Å². The summed E-state index contributed by atoms with van der Waals surface area (Å²) in [6, 6.07) is 15.8. The van der Waals surface area contributed by atoms with Gasteiger partial charge in [0, 0.05) is 37.2 Å². The van der Waals surface area contributed by atoms with Gasteiger partial charge in [0.05, 0.1) is 11.7 Å². The molecule has 0 spiro atoms. The Morgan fingerprint density at radius 3 is 2.42 bits per heavy atom. The average molecular weight is 347 g/mol. The van der Waals surface area contributed by atoms with Crippen molar-refractivity contribution in [1.29, 1.82) is 0 Å². The third-order valence-corrected chi connectivity index (χ3v) is 4.28. The van der Waals surface area contributed by atoms with Crippen LogP contribution in [-0.2, 0) is 0 Å². The second-order valence-electron chi connectivity index (χ2n) is 6.08. The Morgan fingerprint density at radius 2 is 1.69 bits per heavy atom. The number of pyridine rings is 1. The van der Waals surface area contributed by atoms with Crippen molar-refractivity contribution in [3.05, 3.63) is 83.0 Å². The molecule has 0 aliphatic carbocycles. The van der Waals surface area contributed by atoms with Gasteiger partial charge in [0.2, 0.25) is 0 Å². The largest absolute Gasteiger partial charge is 0.367 e. The smallest absolute Gasteiger partial charge is 0.272 e. The van der Waals surface area contributed by atoms with Gasteiger partial charge in [0.1, 0.15) is 5.69 Å². The van der Waals surface area contributed by atoms with Crippen molar-refractivity contribution >= 4 is 11.6 Å². The summed E-state index contributed by atoms with van der Waals surface area (Å²) in [5, 5.41) is 7.16. The van der Waals surface area contributed by atoms with Crippen molar-refractivity contribution in [2.75, 3.05) is 18.0 Å². The van der Waals surface area contributed by atoms with Gasteiger partial charge in [-0.15, -0.1) is 0 Å². The number of aromatic nitrogens is 3. The number of rotatable bonds is 4. The van der Waals surface area contributed by atoms with E-state index in [1.54, 1.807) is 24.5 Å². The quantitative estimate of drug-likeness (QED) is 0.768. The van der Waals surface area contributed by atoms with Crippen LogP contribution in [0.15, 0.2) is 71.8 Å². The second-order valence-corrected chi connectivity index (χ2v) is 6.08. The fraction of sp³-hybridized carbons (Fsp3) is 0.158. The van der Waals surface area contributed by atoms with Crippen molar-refractivity contribution in [3.63, 3.8) is 0 Å². The van der Waals surface area contributed by atoms with Crippen LogP contribution in [0, 0.1) is 0 Å². The zero-order chi connectivity index (χ0) is 17.9. The van der Waals surface area contributed by atoms with Gasteiger partial charge in [-0.1, -0.05) is 18.2 Å². The number of carbonyl (C=O) groups excluding carboxylic acids is 1. The van der Waals surface area contributed by atoms with Crippen LogP contribution in [0.1, 0.15) is 10.5 Å². The molecule has 3 aromatic rings. The molecule has 0 radical (unpaired) electrons. The lowest BCUT2D eigenvalue weighted by Crippen LogP contribution is -2.59. The Bertz CT molecular complexity index is 966. The lowest BCUT2D eigenvalue weighted by Gasteiger charge is -2.41. The highest BCUT2D eigenvalue weighted by atomic mass is 16.2. The van der Waals surface area contributed by atoms with E-state index in [-0.39, 0.29) is 23.2 Å². The first-order valence-corrected chi connectivity index (χ1v) is 8.32. The minimum atomic E-state index is -0.283. The number of para-hydroxylation sites is 1. The predicted octanol–water partition coefficient (Wildman–Crippen LogP) is 1.25. The molecule has 26 heavy (non-hydrogen) atoms. The van der Waals surface area contributed by atoms with Crippen LogP contribution < -0.4 is 15.8 Å². The molecule has 4 rings (SSSR count). The zero-order valence-corrected chi connectivity index (χ0v) is 13.9. The number of hydrogen-bond acceptors (Lipinski definition) is 5. The lowest BCUT2D eigenvalue weighted by atomic mass is 10.1. The summed E-state index contributed by atoms with van der Waals surface area (Å²) in [5.41, 5.74) is 1.65. The molecule has 2 aromatic heterocycles. The minimum absolute atomic E-state index is 0.0505. The van der Waals surface area contributed by atoms with E-state index in [0.717, 1.165) is 18.8 Å². The molecule has 0 saturated carbocycles. The topological polar surface area (TPSA) is 80.1 Å². The Kier molecular flexibility index (Phi) is 4.18. The Labute approximate surface area is 149 Å². The van der Waals surface area contributed by atoms with Crippen molar-refractivity contribution in [2.24, 2.45) is 0 Å². The van der Waals surface area contributed by atoms with E-state index >= 15 is 0 Å². The van der Waals surface area contributed by atoms with Gasteiger partial charge in [-0.3, -0.25) is 14.6 Å². The Hall–Kier alpha value is -3.48. The Balaban J connectivity index is 1.44. The summed E-state index contributed by atoms with van der Waals surface area (Å²) in [4.78, 5) is 30.7. The highest BCUT2D eigenvalue weighted by molar-refractivity contribution is 5.92. The first kappa shape index (κ1) is 16.0. The maximum atomic E-state index is 12.5. The summed E-state index contributed by atoms with van der Waals surface area (Å²) in [7, 11) is 0. The summed E-state index contributed by atoms with van der Waals surface area (Å²) in [5.74, 6) is -0.283. The van der Waals surface area contributed by atoms with Crippen molar-refractivity contribution in [2.45, 2.75) is 6.04 Å². The third-order valence-electron chi connectivity index (χ3n) is 4.28. The maximum Gasteiger partial charge on any atom is 0.272 e. The molecular weight excluding hydrogens is 330 g/mol. The SMILES string of the molecule is O=C(NC1CN(c2ccncc2)C1)c1ccc(=O)n(-c2ccccc2)n1. The molecule has 130 valence electrons. The van der Waals surface area contributed by atoms with E-state index < -0.39 is 0 Å². The average Bonchev–Trinajstić information content (AvgIpc) is 2.66.